The van der Waals surface area contributed by atoms with Crippen molar-refractivity contribution in [1.29, 1.82) is 0 Å². The molecule has 0 bridgehead atoms. The lowest BCUT2D eigenvalue weighted by atomic mass is 10.1. The van der Waals surface area contributed by atoms with Crippen LogP contribution in [0, 0.1) is 13.8 Å². The minimum absolute atomic E-state index is 0.510. The maximum Gasteiger partial charge on any atom is 0.0211 e. The van der Waals surface area contributed by atoms with Crippen molar-refractivity contribution >= 4 is 0 Å². The Bertz CT molecular complexity index is 307. The van der Waals surface area contributed by atoms with E-state index < -0.39 is 0 Å². The van der Waals surface area contributed by atoms with Gasteiger partial charge in [-0.15, -0.1) is 0 Å². The molecule has 0 heterocycles. The Hall–Kier alpha value is -0.860. The highest BCUT2D eigenvalue weighted by Gasteiger charge is 2.01. The summed E-state index contributed by atoms with van der Waals surface area (Å²) in [5.41, 5.74) is 4.10. The summed E-state index contributed by atoms with van der Waals surface area (Å²) in [5, 5.41) is 6.66. The summed E-state index contributed by atoms with van der Waals surface area (Å²) in [4.78, 5) is 0. The molecule has 1 rings (SSSR count). The molecule has 0 aliphatic rings. The summed E-state index contributed by atoms with van der Waals surface area (Å²) in [6.07, 6.45) is 0. The summed E-state index contributed by atoms with van der Waals surface area (Å²) in [5.74, 6) is 0. The highest BCUT2D eigenvalue weighted by Crippen LogP contribution is 2.10. The van der Waals surface area contributed by atoms with Gasteiger partial charge < -0.3 is 10.6 Å². The van der Waals surface area contributed by atoms with Gasteiger partial charge in [-0.2, -0.15) is 0 Å². The summed E-state index contributed by atoms with van der Waals surface area (Å²) < 4.78 is 0. The number of likely N-dealkylation sites (N-methyl/N-ethyl adjacent to an activating group) is 1. The van der Waals surface area contributed by atoms with E-state index in [1.165, 1.54) is 16.7 Å². The van der Waals surface area contributed by atoms with Gasteiger partial charge >= 0.3 is 0 Å². The van der Waals surface area contributed by atoms with E-state index in [-0.39, 0.29) is 0 Å². The first kappa shape index (κ1) is 12.2. The zero-order chi connectivity index (χ0) is 11.3. The molecular formula is C13H22N2. The van der Waals surface area contributed by atoms with Gasteiger partial charge in [-0.1, -0.05) is 23.8 Å². The average Bonchev–Trinajstić information content (AvgIpc) is 2.17. The second-order valence-electron chi connectivity index (χ2n) is 4.27. The summed E-state index contributed by atoms with van der Waals surface area (Å²) >= 11 is 0. The van der Waals surface area contributed by atoms with Gasteiger partial charge in [0, 0.05) is 19.1 Å². The molecule has 0 fully saturated rings. The van der Waals surface area contributed by atoms with Crippen LogP contribution < -0.4 is 10.6 Å². The predicted octanol–water partition coefficient (Wildman–Crippen LogP) is 2.00. The van der Waals surface area contributed by atoms with Crippen molar-refractivity contribution in [1.82, 2.24) is 10.6 Å². The molecule has 0 saturated heterocycles. The van der Waals surface area contributed by atoms with E-state index >= 15 is 0 Å². The Morgan fingerprint density at radius 2 is 2.00 bits per heavy atom. The Morgan fingerprint density at radius 3 is 2.60 bits per heavy atom. The number of aryl methyl sites for hydroxylation is 2. The molecule has 15 heavy (non-hydrogen) atoms. The van der Waals surface area contributed by atoms with Crippen LogP contribution in [-0.2, 0) is 6.54 Å². The summed E-state index contributed by atoms with van der Waals surface area (Å²) in [6.45, 7) is 8.46. The van der Waals surface area contributed by atoms with Crippen LogP contribution in [0.3, 0.4) is 0 Å². The van der Waals surface area contributed by atoms with Crippen molar-refractivity contribution < 1.29 is 0 Å². The minimum atomic E-state index is 0.510. The van der Waals surface area contributed by atoms with Crippen molar-refractivity contribution in [2.24, 2.45) is 0 Å². The van der Waals surface area contributed by atoms with Gasteiger partial charge in [0.25, 0.3) is 0 Å². The zero-order valence-electron chi connectivity index (χ0n) is 10.2. The van der Waals surface area contributed by atoms with E-state index in [0.717, 1.165) is 13.1 Å². The number of rotatable bonds is 5. The second kappa shape index (κ2) is 5.89. The van der Waals surface area contributed by atoms with Gasteiger partial charge in [-0.25, -0.2) is 0 Å². The quantitative estimate of drug-likeness (QED) is 0.770. The molecule has 1 atom stereocenters. The fourth-order valence-electron chi connectivity index (χ4n) is 1.71. The van der Waals surface area contributed by atoms with E-state index in [1.807, 2.05) is 7.05 Å². The highest BCUT2D eigenvalue weighted by molar-refractivity contribution is 5.30. The first-order chi connectivity index (χ1) is 7.13. The van der Waals surface area contributed by atoms with Gasteiger partial charge in [0.1, 0.15) is 0 Å². The molecule has 0 spiro atoms. The van der Waals surface area contributed by atoms with Gasteiger partial charge in [-0.3, -0.25) is 0 Å². The number of hydrogen-bond donors (Lipinski definition) is 2. The second-order valence-corrected chi connectivity index (χ2v) is 4.27. The minimum Gasteiger partial charge on any atom is -0.318 e. The lowest BCUT2D eigenvalue weighted by molar-refractivity contribution is 0.522. The smallest absolute Gasteiger partial charge is 0.0211 e. The average molecular weight is 206 g/mol. The van der Waals surface area contributed by atoms with Crippen molar-refractivity contribution in [2.75, 3.05) is 13.6 Å². The molecule has 1 aromatic carbocycles. The SMILES string of the molecule is CNCC(C)NCc1ccc(C)cc1C. The van der Waals surface area contributed by atoms with Crippen LogP contribution in [0.25, 0.3) is 0 Å². The molecule has 1 unspecified atom stereocenters. The molecule has 0 amide bonds. The van der Waals surface area contributed by atoms with Gasteiger partial charge in [0.15, 0.2) is 0 Å². The van der Waals surface area contributed by atoms with Crippen LogP contribution in [0.5, 0.6) is 0 Å². The summed E-state index contributed by atoms with van der Waals surface area (Å²) in [6, 6.07) is 7.13. The number of benzene rings is 1. The Morgan fingerprint density at radius 1 is 1.27 bits per heavy atom. The summed E-state index contributed by atoms with van der Waals surface area (Å²) in [7, 11) is 1.98. The topological polar surface area (TPSA) is 24.1 Å². The van der Waals surface area contributed by atoms with E-state index in [0.29, 0.717) is 6.04 Å². The van der Waals surface area contributed by atoms with Crippen LogP contribution >= 0.6 is 0 Å². The van der Waals surface area contributed by atoms with Gasteiger partial charge in [-0.05, 0) is 38.9 Å². The van der Waals surface area contributed by atoms with Crippen LogP contribution in [0.4, 0.5) is 0 Å². The number of nitrogens with one attached hydrogen (secondary N) is 2. The first-order valence-corrected chi connectivity index (χ1v) is 5.57. The zero-order valence-corrected chi connectivity index (χ0v) is 10.2. The molecule has 1 aromatic rings. The molecule has 2 N–H and O–H groups in total. The number of hydrogen-bond acceptors (Lipinski definition) is 2. The third-order valence-corrected chi connectivity index (χ3v) is 2.65. The molecule has 0 aliphatic carbocycles. The Balaban J connectivity index is 2.50. The Labute approximate surface area is 93.1 Å². The molecule has 0 radical (unpaired) electrons. The standard InChI is InChI=1S/C13H22N2/c1-10-5-6-13(11(2)7-10)9-15-12(3)8-14-4/h5-7,12,14-15H,8-9H2,1-4H3. The van der Waals surface area contributed by atoms with Crippen LogP contribution in [0.15, 0.2) is 18.2 Å². The van der Waals surface area contributed by atoms with Crippen LogP contribution in [-0.4, -0.2) is 19.6 Å². The predicted molar refractivity (Wildman–Crippen MR) is 66.1 cm³/mol. The fraction of sp³-hybridized carbons (Fsp3) is 0.538. The third-order valence-electron chi connectivity index (χ3n) is 2.65. The molecule has 0 aliphatic heterocycles. The molecule has 84 valence electrons. The van der Waals surface area contributed by atoms with E-state index in [2.05, 4.69) is 49.6 Å². The first-order valence-electron chi connectivity index (χ1n) is 5.57. The molecule has 2 heteroatoms. The molecular weight excluding hydrogens is 184 g/mol. The van der Waals surface area contributed by atoms with E-state index in [4.69, 9.17) is 0 Å². The lowest BCUT2D eigenvalue weighted by Gasteiger charge is -2.14. The van der Waals surface area contributed by atoms with Crippen LogP contribution in [0.2, 0.25) is 0 Å². The maximum absolute atomic E-state index is 3.50. The maximum atomic E-state index is 3.50. The normalized spacial score (nSPS) is 12.8. The molecule has 0 aromatic heterocycles. The molecule has 2 nitrogen and oxygen atoms in total. The highest BCUT2D eigenvalue weighted by atomic mass is 15.0. The van der Waals surface area contributed by atoms with E-state index in [9.17, 15) is 0 Å². The van der Waals surface area contributed by atoms with Crippen molar-refractivity contribution in [3.63, 3.8) is 0 Å². The van der Waals surface area contributed by atoms with Gasteiger partial charge in [0.05, 0.1) is 0 Å². The van der Waals surface area contributed by atoms with Crippen molar-refractivity contribution in [3.8, 4) is 0 Å². The van der Waals surface area contributed by atoms with Crippen molar-refractivity contribution in [3.05, 3.63) is 34.9 Å². The Kier molecular flexibility index (Phi) is 4.79. The molecule has 0 saturated carbocycles. The monoisotopic (exact) mass is 206 g/mol. The van der Waals surface area contributed by atoms with Crippen molar-refractivity contribution in [2.45, 2.75) is 33.4 Å². The lowest BCUT2D eigenvalue weighted by Crippen LogP contribution is -2.34. The van der Waals surface area contributed by atoms with E-state index in [1.54, 1.807) is 0 Å². The van der Waals surface area contributed by atoms with Gasteiger partial charge in [0.2, 0.25) is 0 Å². The third kappa shape index (κ3) is 4.02. The largest absolute Gasteiger partial charge is 0.318 e. The fourth-order valence-corrected chi connectivity index (χ4v) is 1.71. The van der Waals surface area contributed by atoms with Crippen LogP contribution in [0.1, 0.15) is 23.6 Å².